The van der Waals surface area contributed by atoms with Crippen LogP contribution in [0.25, 0.3) is 0 Å². The van der Waals surface area contributed by atoms with E-state index >= 15 is 0 Å². The maximum atomic E-state index is 10.9. The van der Waals surface area contributed by atoms with Crippen LogP contribution in [0, 0.1) is 6.92 Å². The lowest BCUT2D eigenvalue weighted by molar-refractivity contribution is -0.114. The zero-order chi connectivity index (χ0) is 13.7. The van der Waals surface area contributed by atoms with Crippen LogP contribution in [0.5, 0.6) is 0 Å². The van der Waals surface area contributed by atoms with Crippen molar-refractivity contribution in [3.63, 3.8) is 0 Å². The van der Waals surface area contributed by atoms with Gasteiger partial charge in [0.1, 0.15) is 0 Å². The highest BCUT2D eigenvalue weighted by molar-refractivity contribution is 7.98. The van der Waals surface area contributed by atoms with Crippen LogP contribution in [0.1, 0.15) is 18.1 Å². The minimum Gasteiger partial charge on any atom is -0.326 e. The van der Waals surface area contributed by atoms with E-state index in [0.717, 1.165) is 11.4 Å². The minimum atomic E-state index is -0.0415. The summed E-state index contributed by atoms with van der Waals surface area (Å²) < 4.78 is 0. The molecule has 0 radical (unpaired) electrons. The Morgan fingerprint density at radius 3 is 2.53 bits per heavy atom. The lowest BCUT2D eigenvalue weighted by Gasteiger charge is -2.05. The summed E-state index contributed by atoms with van der Waals surface area (Å²) in [5, 5.41) is 2.77. The number of hydrogen-bond donors (Lipinski definition) is 1. The van der Waals surface area contributed by atoms with E-state index in [0.29, 0.717) is 0 Å². The molecule has 0 fully saturated rings. The van der Waals surface area contributed by atoms with Gasteiger partial charge >= 0.3 is 0 Å². The molecule has 98 valence electrons. The first kappa shape index (κ1) is 13.7. The molecule has 0 aromatic heterocycles. The van der Waals surface area contributed by atoms with Crippen LogP contribution in [-0.4, -0.2) is 5.91 Å². The standard InChI is InChI=1S/C16H17NOS/c1-12-4-3-5-14(10-12)11-19-16-8-6-15(7-9-16)17-13(2)18/h3-10H,11H2,1-2H3,(H,17,18). The maximum absolute atomic E-state index is 10.9. The summed E-state index contributed by atoms with van der Waals surface area (Å²) in [5.74, 6) is 0.918. The van der Waals surface area contributed by atoms with Crippen molar-refractivity contribution >= 4 is 23.4 Å². The van der Waals surface area contributed by atoms with E-state index in [2.05, 4.69) is 36.5 Å². The highest BCUT2D eigenvalue weighted by Gasteiger charge is 1.99. The van der Waals surface area contributed by atoms with Crippen LogP contribution in [0.2, 0.25) is 0 Å². The van der Waals surface area contributed by atoms with Gasteiger partial charge in [0.05, 0.1) is 0 Å². The Labute approximate surface area is 118 Å². The Morgan fingerprint density at radius 1 is 1.16 bits per heavy atom. The monoisotopic (exact) mass is 271 g/mol. The van der Waals surface area contributed by atoms with Crippen molar-refractivity contribution < 1.29 is 4.79 Å². The van der Waals surface area contributed by atoms with Gasteiger partial charge in [0.2, 0.25) is 5.91 Å². The number of carbonyl (C=O) groups is 1. The highest BCUT2D eigenvalue weighted by atomic mass is 32.2. The quantitative estimate of drug-likeness (QED) is 0.842. The van der Waals surface area contributed by atoms with Gasteiger partial charge in [0.25, 0.3) is 0 Å². The fraction of sp³-hybridized carbons (Fsp3) is 0.188. The topological polar surface area (TPSA) is 29.1 Å². The molecule has 0 saturated heterocycles. The molecule has 1 amide bonds. The fourth-order valence-electron chi connectivity index (χ4n) is 1.81. The van der Waals surface area contributed by atoms with E-state index in [9.17, 15) is 4.79 Å². The highest BCUT2D eigenvalue weighted by Crippen LogP contribution is 2.24. The van der Waals surface area contributed by atoms with Gasteiger partial charge in [-0.1, -0.05) is 29.8 Å². The number of thioether (sulfide) groups is 1. The molecule has 2 aromatic carbocycles. The van der Waals surface area contributed by atoms with E-state index in [1.54, 1.807) is 11.8 Å². The smallest absolute Gasteiger partial charge is 0.221 e. The van der Waals surface area contributed by atoms with Gasteiger partial charge in [-0.05, 0) is 36.8 Å². The first-order chi connectivity index (χ1) is 9.13. The summed E-state index contributed by atoms with van der Waals surface area (Å²) in [6, 6.07) is 16.5. The molecule has 2 aromatic rings. The average Bonchev–Trinajstić information content (AvgIpc) is 2.37. The minimum absolute atomic E-state index is 0.0415. The predicted molar refractivity (Wildman–Crippen MR) is 81.5 cm³/mol. The second-order valence-electron chi connectivity index (χ2n) is 4.48. The van der Waals surface area contributed by atoms with E-state index in [4.69, 9.17) is 0 Å². The third-order valence-corrected chi connectivity index (χ3v) is 3.75. The summed E-state index contributed by atoms with van der Waals surface area (Å²) in [4.78, 5) is 12.1. The summed E-state index contributed by atoms with van der Waals surface area (Å²) in [6.45, 7) is 3.62. The molecule has 3 heteroatoms. The van der Waals surface area contributed by atoms with Crippen LogP contribution < -0.4 is 5.32 Å². The molecule has 0 unspecified atom stereocenters. The van der Waals surface area contributed by atoms with Crippen molar-refractivity contribution in [1.82, 2.24) is 0 Å². The van der Waals surface area contributed by atoms with Crippen molar-refractivity contribution in [1.29, 1.82) is 0 Å². The Bertz CT molecular complexity index is 563. The van der Waals surface area contributed by atoms with Crippen LogP contribution >= 0.6 is 11.8 Å². The summed E-state index contributed by atoms with van der Waals surface area (Å²) >= 11 is 1.80. The molecule has 0 spiro atoms. The fourth-order valence-corrected chi connectivity index (χ4v) is 2.65. The lowest BCUT2D eigenvalue weighted by atomic mass is 10.2. The van der Waals surface area contributed by atoms with Gasteiger partial charge in [0, 0.05) is 23.3 Å². The molecule has 19 heavy (non-hydrogen) atoms. The molecule has 0 saturated carbocycles. The van der Waals surface area contributed by atoms with Crippen molar-refractivity contribution in [3.05, 3.63) is 59.7 Å². The van der Waals surface area contributed by atoms with E-state index in [1.165, 1.54) is 22.9 Å². The van der Waals surface area contributed by atoms with Crippen molar-refractivity contribution in [2.24, 2.45) is 0 Å². The molecule has 2 nitrogen and oxygen atoms in total. The maximum Gasteiger partial charge on any atom is 0.221 e. The van der Waals surface area contributed by atoms with Gasteiger partial charge in [-0.25, -0.2) is 0 Å². The van der Waals surface area contributed by atoms with Gasteiger partial charge in [-0.2, -0.15) is 0 Å². The Balaban J connectivity index is 1.94. The Morgan fingerprint density at radius 2 is 1.89 bits per heavy atom. The summed E-state index contributed by atoms with van der Waals surface area (Å²) in [6.07, 6.45) is 0. The van der Waals surface area contributed by atoms with E-state index in [1.807, 2.05) is 24.3 Å². The first-order valence-corrected chi connectivity index (χ1v) is 7.18. The van der Waals surface area contributed by atoms with Crippen molar-refractivity contribution in [2.75, 3.05) is 5.32 Å². The molecular weight excluding hydrogens is 254 g/mol. The summed E-state index contributed by atoms with van der Waals surface area (Å²) in [5.41, 5.74) is 3.46. The average molecular weight is 271 g/mol. The van der Waals surface area contributed by atoms with Gasteiger partial charge < -0.3 is 5.32 Å². The number of amides is 1. The van der Waals surface area contributed by atoms with E-state index < -0.39 is 0 Å². The third kappa shape index (κ3) is 4.45. The van der Waals surface area contributed by atoms with Crippen molar-refractivity contribution in [2.45, 2.75) is 24.5 Å². The Hall–Kier alpha value is -1.74. The first-order valence-electron chi connectivity index (χ1n) is 6.19. The number of aryl methyl sites for hydroxylation is 1. The van der Waals surface area contributed by atoms with Crippen LogP contribution in [0.15, 0.2) is 53.4 Å². The number of hydrogen-bond acceptors (Lipinski definition) is 2. The van der Waals surface area contributed by atoms with Gasteiger partial charge in [-0.15, -0.1) is 11.8 Å². The molecule has 0 aliphatic rings. The molecule has 0 aliphatic heterocycles. The number of nitrogens with one attached hydrogen (secondary N) is 1. The number of benzene rings is 2. The molecule has 0 atom stereocenters. The number of rotatable bonds is 4. The second kappa shape index (κ2) is 6.43. The predicted octanol–water partition coefficient (Wildman–Crippen LogP) is 4.25. The van der Waals surface area contributed by atoms with Crippen LogP contribution in [-0.2, 0) is 10.5 Å². The zero-order valence-electron chi connectivity index (χ0n) is 11.1. The molecular formula is C16H17NOS. The van der Waals surface area contributed by atoms with Crippen LogP contribution in [0.3, 0.4) is 0 Å². The second-order valence-corrected chi connectivity index (χ2v) is 5.53. The van der Waals surface area contributed by atoms with Crippen LogP contribution in [0.4, 0.5) is 5.69 Å². The van der Waals surface area contributed by atoms with Gasteiger partial charge in [-0.3, -0.25) is 4.79 Å². The molecule has 1 N–H and O–H groups in total. The SMILES string of the molecule is CC(=O)Nc1ccc(SCc2cccc(C)c2)cc1. The van der Waals surface area contributed by atoms with Gasteiger partial charge in [0.15, 0.2) is 0 Å². The molecule has 0 aliphatic carbocycles. The molecule has 0 bridgehead atoms. The van der Waals surface area contributed by atoms with Crippen molar-refractivity contribution in [3.8, 4) is 0 Å². The lowest BCUT2D eigenvalue weighted by Crippen LogP contribution is -2.05. The van der Waals surface area contributed by atoms with E-state index in [-0.39, 0.29) is 5.91 Å². The summed E-state index contributed by atoms with van der Waals surface area (Å²) in [7, 11) is 0. The largest absolute Gasteiger partial charge is 0.326 e. The Kier molecular flexibility index (Phi) is 4.63. The third-order valence-electron chi connectivity index (χ3n) is 2.66. The molecule has 2 rings (SSSR count). The number of carbonyl (C=O) groups excluding carboxylic acids is 1. The molecule has 0 heterocycles. The zero-order valence-corrected chi connectivity index (χ0v) is 12.0. The number of anilines is 1. The normalized spacial score (nSPS) is 10.2.